The fourth-order valence-corrected chi connectivity index (χ4v) is 2.60. The number of benzene rings is 2. The maximum absolute atomic E-state index is 12.1. The van der Waals surface area contributed by atoms with Crippen molar-refractivity contribution in [1.29, 1.82) is 0 Å². The Morgan fingerprint density at radius 1 is 1.08 bits per heavy atom. The van der Waals surface area contributed by atoms with Gasteiger partial charge in [0, 0.05) is 18.2 Å². The van der Waals surface area contributed by atoms with Gasteiger partial charge in [-0.2, -0.15) is 0 Å². The first-order valence-electron chi connectivity index (χ1n) is 8.61. The van der Waals surface area contributed by atoms with Crippen LogP contribution in [0.15, 0.2) is 54.6 Å². The van der Waals surface area contributed by atoms with Crippen LogP contribution in [-0.4, -0.2) is 11.9 Å². The smallest absolute Gasteiger partial charge is 0.315 e. The molecular weight excluding hydrogens is 314 g/mol. The maximum atomic E-state index is 12.1. The molecule has 1 atom stereocenters. The van der Waals surface area contributed by atoms with E-state index in [1.165, 1.54) is 0 Å². The molecule has 2 aromatic rings. The summed E-state index contributed by atoms with van der Waals surface area (Å²) < 4.78 is 0. The first-order valence-corrected chi connectivity index (χ1v) is 8.61. The molecule has 0 saturated heterocycles. The van der Waals surface area contributed by atoms with Crippen LogP contribution in [0.25, 0.3) is 0 Å². The van der Waals surface area contributed by atoms with E-state index in [1.807, 2.05) is 61.5 Å². The molecule has 3 amide bonds. The number of carbonyl (C=O) groups excluding carboxylic acids is 2. The number of amides is 3. The molecule has 1 aliphatic rings. The quantitative estimate of drug-likeness (QED) is 0.754. The Balaban J connectivity index is 1.49. The van der Waals surface area contributed by atoms with Gasteiger partial charge >= 0.3 is 6.03 Å². The SMILES string of the molecule is CC(NC(=O)NCc1cccc(NC(=O)C2CC2)c1)c1ccccc1. The minimum Gasteiger partial charge on any atom is -0.334 e. The lowest BCUT2D eigenvalue weighted by Crippen LogP contribution is -2.36. The summed E-state index contributed by atoms with van der Waals surface area (Å²) in [5, 5.41) is 8.69. The van der Waals surface area contributed by atoms with Crippen molar-refractivity contribution in [3.63, 3.8) is 0 Å². The summed E-state index contributed by atoms with van der Waals surface area (Å²) in [5.41, 5.74) is 2.77. The summed E-state index contributed by atoms with van der Waals surface area (Å²) >= 11 is 0. The second-order valence-corrected chi connectivity index (χ2v) is 6.42. The Labute approximate surface area is 147 Å². The van der Waals surface area contributed by atoms with Crippen LogP contribution < -0.4 is 16.0 Å². The van der Waals surface area contributed by atoms with E-state index in [0.29, 0.717) is 6.54 Å². The number of hydrogen-bond acceptors (Lipinski definition) is 2. The highest BCUT2D eigenvalue weighted by molar-refractivity contribution is 5.94. The summed E-state index contributed by atoms with van der Waals surface area (Å²) in [6.45, 7) is 2.35. The molecule has 5 nitrogen and oxygen atoms in total. The number of urea groups is 1. The van der Waals surface area contributed by atoms with Crippen LogP contribution >= 0.6 is 0 Å². The summed E-state index contributed by atoms with van der Waals surface area (Å²) in [5.74, 6) is 0.256. The average molecular weight is 337 g/mol. The molecule has 1 saturated carbocycles. The van der Waals surface area contributed by atoms with E-state index in [1.54, 1.807) is 0 Å². The Morgan fingerprint density at radius 3 is 2.56 bits per heavy atom. The van der Waals surface area contributed by atoms with Crippen molar-refractivity contribution in [1.82, 2.24) is 10.6 Å². The van der Waals surface area contributed by atoms with Gasteiger partial charge in [-0.25, -0.2) is 4.79 Å². The normalized spacial score (nSPS) is 14.4. The molecule has 0 aliphatic heterocycles. The van der Waals surface area contributed by atoms with Gasteiger partial charge in [-0.1, -0.05) is 42.5 Å². The molecule has 5 heteroatoms. The highest BCUT2D eigenvalue weighted by atomic mass is 16.2. The van der Waals surface area contributed by atoms with Gasteiger partial charge in [0.2, 0.25) is 5.91 Å². The number of nitrogens with one attached hydrogen (secondary N) is 3. The summed E-state index contributed by atoms with van der Waals surface area (Å²) in [7, 11) is 0. The summed E-state index contributed by atoms with van der Waals surface area (Å²) in [4.78, 5) is 23.9. The highest BCUT2D eigenvalue weighted by Crippen LogP contribution is 2.30. The predicted octanol–water partition coefficient (Wildman–Crippen LogP) is 3.60. The fourth-order valence-electron chi connectivity index (χ4n) is 2.60. The van der Waals surface area contributed by atoms with Gasteiger partial charge in [0.1, 0.15) is 0 Å². The van der Waals surface area contributed by atoms with Crippen LogP contribution in [0.4, 0.5) is 10.5 Å². The second kappa shape index (κ2) is 7.83. The Morgan fingerprint density at radius 2 is 1.84 bits per heavy atom. The molecule has 0 heterocycles. The van der Waals surface area contributed by atoms with E-state index in [2.05, 4.69) is 16.0 Å². The molecule has 25 heavy (non-hydrogen) atoms. The van der Waals surface area contributed by atoms with Gasteiger partial charge in [0.05, 0.1) is 6.04 Å². The fraction of sp³-hybridized carbons (Fsp3) is 0.300. The number of hydrogen-bond donors (Lipinski definition) is 3. The minimum atomic E-state index is -0.219. The zero-order valence-corrected chi connectivity index (χ0v) is 14.3. The first kappa shape index (κ1) is 17.0. The molecule has 0 spiro atoms. The number of anilines is 1. The largest absolute Gasteiger partial charge is 0.334 e. The zero-order valence-electron chi connectivity index (χ0n) is 14.3. The van der Waals surface area contributed by atoms with E-state index >= 15 is 0 Å². The van der Waals surface area contributed by atoms with Gasteiger partial charge < -0.3 is 16.0 Å². The van der Waals surface area contributed by atoms with Crippen LogP contribution in [0, 0.1) is 5.92 Å². The number of rotatable bonds is 6. The zero-order chi connectivity index (χ0) is 17.6. The van der Waals surface area contributed by atoms with Crippen molar-refractivity contribution in [2.45, 2.75) is 32.4 Å². The van der Waals surface area contributed by atoms with E-state index in [4.69, 9.17) is 0 Å². The van der Waals surface area contributed by atoms with Gasteiger partial charge in [-0.3, -0.25) is 4.79 Å². The monoisotopic (exact) mass is 337 g/mol. The molecule has 0 bridgehead atoms. The van der Waals surface area contributed by atoms with Crippen molar-refractivity contribution in [2.75, 3.05) is 5.32 Å². The molecule has 0 radical (unpaired) electrons. The molecule has 1 aliphatic carbocycles. The van der Waals surface area contributed by atoms with Gasteiger partial charge in [0.25, 0.3) is 0 Å². The van der Waals surface area contributed by atoms with Crippen molar-refractivity contribution in [3.8, 4) is 0 Å². The molecule has 1 unspecified atom stereocenters. The summed E-state index contributed by atoms with van der Waals surface area (Å²) in [6.07, 6.45) is 1.96. The topological polar surface area (TPSA) is 70.2 Å². The van der Waals surface area contributed by atoms with Crippen LogP contribution in [0.3, 0.4) is 0 Å². The second-order valence-electron chi connectivity index (χ2n) is 6.42. The third kappa shape index (κ3) is 5.08. The van der Waals surface area contributed by atoms with Gasteiger partial charge in [-0.05, 0) is 43.0 Å². The lowest BCUT2D eigenvalue weighted by molar-refractivity contribution is -0.117. The van der Waals surface area contributed by atoms with Crippen molar-refractivity contribution in [3.05, 3.63) is 65.7 Å². The van der Waals surface area contributed by atoms with E-state index in [0.717, 1.165) is 29.7 Å². The van der Waals surface area contributed by atoms with E-state index in [-0.39, 0.29) is 23.9 Å². The Kier molecular flexibility index (Phi) is 5.33. The van der Waals surface area contributed by atoms with Crippen molar-refractivity contribution >= 4 is 17.6 Å². The van der Waals surface area contributed by atoms with E-state index in [9.17, 15) is 9.59 Å². The maximum Gasteiger partial charge on any atom is 0.315 e. The van der Waals surface area contributed by atoms with Crippen molar-refractivity contribution < 1.29 is 9.59 Å². The molecule has 0 aromatic heterocycles. The average Bonchev–Trinajstić information content (AvgIpc) is 3.46. The van der Waals surface area contributed by atoms with Crippen LogP contribution in [-0.2, 0) is 11.3 Å². The van der Waals surface area contributed by atoms with Gasteiger partial charge in [0.15, 0.2) is 0 Å². The predicted molar refractivity (Wildman–Crippen MR) is 98.0 cm³/mol. The van der Waals surface area contributed by atoms with Gasteiger partial charge in [-0.15, -0.1) is 0 Å². The minimum absolute atomic E-state index is 0.0645. The molecule has 2 aromatic carbocycles. The first-order chi connectivity index (χ1) is 12.1. The standard InChI is InChI=1S/C20H23N3O2/c1-14(16-7-3-2-4-8-16)22-20(25)21-13-15-6-5-9-18(12-15)23-19(24)17-10-11-17/h2-9,12,14,17H,10-11,13H2,1H3,(H,23,24)(H2,21,22,25). The van der Waals surface area contributed by atoms with Crippen LogP contribution in [0.2, 0.25) is 0 Å². The Hall–Kier alpha value is -2.82. The molecule has 3 rings (SSSR count). The molecular formula is C20H23N3O2. The third-order valence-electron chi connectivity index (χ3n) is 4.24. The third-order valence-corrected chi connectivity index (χ3v) is 4.24. The lowest BCUT2D eigenvalue weighted by Gasteiger charge is -2.15. The molecule has 130 valence electrons. The van der Waals surface area contributed by atoms with E-state index < -0.39 is 0 Å². The van der Waals surface area contributed by atoms with Crippen LogP contribution in [0.5, 0.6) is 0 Å². The highest BCUT2D eigenvalue weighted by Gasteiger charge is 2.29. The molecule has 1 fully saturated rings. The number of carbonyl (C=O) groups is 2. The van der Waals surface area contributed by atoms with Crippen molar-refractivity contribution in [2.24, 2.45) is 5.92 Å². The van der Waals surface area contributed by atoms with Crippen LogP contribution in [0.1, 0.15) is 36.9 Å². The lowest BCUT2D eigenvalue weighted by atomic mass is 10.1. The Bertz CT molecular complexity index is 742. The molecule has 3 N–H and O–H groups in total. The summed E-state index contributed by atoms with van der Waals surface area (Å²) in [6, 6.07) is 17.1.